The number of hydrogen-bond acceptors (Lipinski definition) is 3. The van der Waals surface area contributed by atoms with Gasteiger partial charge in [-0.3, -0.25) is 4.79 Å². The molecule has 1 aromatic carbocycles. The molecule has 0 radical (unpaired) electrons. The highest BCUT2D eigenvalue weighted by Crippen LogP contribution is 2.16. The Kier molecular flexibility index (Phi) is 6.01. The molecule has 24 heavy (non-hydrogen) atoms. The third-order valence-corrected chi connectivity index (χ3v) is 3.54. The third-order valence-electron chi connectivity index (χ3n) is 3.54. The minimum Gasteiger partial charge on any atom is -0.467 e. The molecule has 2 rings (SSSR count). The molecule has 0 bridgehead atoms. The average Bonchev–Trinajstić information content (AvgIpc) is 3.03. The van der Waals surface area contributed by atoms with E-state index in [-0.39, 0.29) is 24.5 Å². The smallest absolute Gasteiger partial charge is 0.315 e. The van der Waals surface area contributed by atoms with E-state index in [2.05, 4.69) is 22.0 Å². The number of carbonyl (C=O) groups is 2. The van der Waals surface area contributed by atoms with Crippen molar-refractivity contribution in [2.75, 3.05) is 6.54 Å². The van der Waals surface area contributed by atoms with Crippen LogP contribution in [0.2, 0.25) is 0 Å². The first-order chi connectivity index (χ1) is 11.4. The van der Waals surface area contributed by atoms with E-state index in [1.807, 2.05) is 32.9 Å². The Bertz CT molecular complexity index is 675. The van der Waals surface area contributed by atoms with E-state index in [0.29, 0.717) is 12.3 Å². The van der Waals surface area contributed by atoms with Crippen molar-refractivity contribution in [2.45, 2.75) is 33.4 Å². The third kappa shape index (κ3) is 5.46. The first-order valence-electron chi connectivity index (χ1n) is 7.85. The molecule has 0 unspecified atom stereocenters. The highest BCUT2D eigenvalue weighted by Gasteiger charge is 2.11. The maximum atomic E-state index is 11.9. The van der Waals surface area contributed by atoms with Crippen molar-refractivity contribution in [1.82, 2.24) is 16.0 Å². The number of amides is 3. The lowest BCUT2D eigenvalue weighted by atomic mass is 10.0. The van der Waals surface area contributed by atoms with Crippen LogP contribution in [0.5, 0.6) is 0 Å². The molecule has 0 aliphatic carbocycles. The number of nitrogens with one attached hydrogen (secondary N) is 3. The van der Waals surface area contributed by atoms with Crippen LogP contribution < -0.4 is 16.0 Å². The monoisotopic (exact) mass is 329 g/mol. The summed E-state index contributed by atoms with van der Waals surface area (Å²) in [5, 5.41) is 8.04. The van der Waals surface area contributed by atoms with Gasteiger partial charge in [0.1, 0.15) is 5.76 Å². The van der Waals surface area contributed by atoms with Gasteiger partial charge in [0, 0.05) is 0 Å². The topological polar surface area (TPSA) is 83.4 Å². The van der Waals surface area contributed by atoms with Gasteiger partial charge in [-0.2, -0.15) is 0 Å². The summed E-state index contributed by atoms with van der Waals surface area (Å²) in [6, 6.07) is 9.15. The number of aryl methyl sites for hydroxylation is 2. The average molecular weight is 329 g/mol. The van der Waals surface area contributed by atoms with E-state index in [4.69, 9.17) is 4.42 Å². The van der Waals surface area contributed by atoms with E-state index < -0.39 is 0 Å². The van der Waals surface area contributed by atoms with Gasteiger partial charge in [-0.1, -0.05) is 29.3 Å². The molecule has 6 heteroatoms. The van der Waals surface area contributed by atoms with Crippen LogP contribution in [0.25, 0.3) is 0 Å². The Hall–Kier alpha value is -2.76. The molecule has 3 amide bonds. The van der Waals surface area contributed by atoms with Crippen molar-refractivity contribution in [3.05, 3.63) is 59.0 Å². The molecule has 0 saturated carbocycles. The van der Waals surface area contributed by atoms with Crippen LogP contribution in [0.15, 0.2) is 41.0 Å². The fourth-order valence-corrected chi connectivity index (χ4v) is 2.41. The zero-order chi connectivity index (χ0) is 17.5. The number of carbonyl (C=O) groups excluding carboxylic acids is 2. The van der Waals surface area contributed by atoms with Crippen LogP contribution in [0, 0.1) is 13.8 Å². The lowest BCUT2D eigenvalue weighted by Crippen LogP contribution is -2.42. The molecule has 1 heterocycles. The van der Waals surface area contributed by atoms with Crippen LogP contribution in [0.4, 0.5) is 4.79 Å². The van der Waals surface area contributed by atoms with Gasteiger partial charge in [0.25, 0.3) is 0 Å². The lowest BCUT2D eigenvalue weighted by molar-refractivity contribution is -0.120. The Morgan fingerprint density at radius 1 is 1.12 bits per heavy atom. The number of rotatable bonds is 6. The Morgan fingerprint density at radius 2 is 1.83 bits per heavy atom. The first-order valence-corrected chi connectivity index (χ1v) is 7.85. The summed E-state index contributed by atoms with van der Waals surface area (Å²) < 4.78 is 5.12. The second-order valence-electron chi connectivity index (χ2n) is 5.83. The summed E-state index contributed by atoms with van der Waals surface area (Å²) in [5.41, 5.74) is 3.33. The molecular weight excluding hydrogens is 306 g/mol. The van der Waals surface area contributed by atoms with Crippen molar-refractivity contribution < 1.29 is 14.0 Å². The minimum absolute atomic E-state index is 0.0912. The molecule has 0 saturated heterocycles. The SMILES string of the molecule is Cc1cc(C)cc([C@H](C)NC(=O)NCC(=O)NCc2ccco2)c1. The summed E-state index contributed by atoms with van der Waals surface area (Å²) in [4.78, 5) is 23.6. The minimum atomic E-state index is -0.380. The van der Waals surface area contributed by atoms with Crippen LogP contribution in [-0.4, -0.2) is 18.5 Å². The van der Waals surface area contributed by atoms with Crippen molar-refractivity contribution in [3.8, 4) is 0 Å². The first kappa shape index (κ1) is 17.6. The normalized spacial score (nSPS) is 11.6. The van der Waals surface area contributed by atoms with Gasteiger partial charge < -0.3 is 20.4 Å². The Labute approximate surface area is 141 Å². The van der Waals surface area contributed by atoms with Crippen molar-refractivity contribution in [1.29, 1.82) is 0 Å². The van der Waals surface area contributed by atoms with Gasteiger partial charge in [0.2, 0.25) is 5.91 Å². The standard InChI is InChI=1S/C18H23N3O3/c1-12-7-13(2)9-15(8-12)14(3)21-18(23)20-11-17(22)19-10-16-5-4-6-24-16/h4-9,14H,10-11H2,1-3H3,(H,19,22)(H2,20,21,23)/t14-/m0/s1. The van der Waals surface area contributed by atoms with E-state index in [1.165, 1.54) is 0 Å². The molecule has 0 spiro atoms. The lowest BCUT2D eigenvalue weighted by Gasteiger charge is -2.16. The molecule has 0 aliphatic heterocycles. The number of furan rings is 1. The van der Waals surface area contributed by atoms with Crippen LogP contribution in [-0.2, 0) is 11.3 Å². The van der Waals surface area contributed by atoms with Crippen molar-refractivity contribution in [2.24, 2.45) is 0 Å². The molecule has 3 N–H and O–H groups in total. The van der Waals surface area contributed by atoms with Gasteiger partial charge >= 0.3 is 6.03 Å². The largest absolute Gasteiger partial charge is 0.467 e. The molecule has 0 aliphatic rings. The van der Waals surface area contributed by atoms with Crippen molar-refractivity contribution in [3.63, 3.8) is 0 Å². The number of benzene rings is 1. The van der Waals surface area contributed by atoms with Gasteiger partial charge in [0.05, 0.1) is 25.4 Å². The Morgan fingerprint density at radius 3 is 2.46 bits per heavy atom. The second-order valence-corrected chi connectivity index (χ2v) is 5.83. The molecule has 2 aromatic rings. The molecular formula is C18H23N3O3. The van der Waals surface area contributed by atoms with Crippen LogP contribution >= 0.6 is 0 Å². The summed E-state index contributed by atoms with van der Waals surface area (Å²) >= 11 is 0. The van der Waals surface area contributed by atoms with Gasteiger partial charge in [0.15, 0.2) is 0 Å². The number of hydrogen-bond donors (Lipinski definition) is 3. The molecule has 6 nitrogen and oxygen atoms in total. The van der Waals surface area contributed by atoms with Gasteiger partial charge in [-0.05, 0) is 38.5 Å². The quantitative estimate of drug-likeness (QED) is 0.761. The maximum absolute atomic E-state index is 11.9. The van der Waals surface area contributed by atoms with E-state index in [9.17, 15) is 9.59 Å². The second kappa shape index (κ2) is 8.19. The summed E-state index contributed by atoms with van der Waals surface area (Å²) in [6.07, 6.45) is 1.54. The molecule has 128 valence electrons. The fraction of sp³-hybridized carbons (Fsp3) is 0.333. The predicted molar refractivity (Wildman–Crippen MR) is 91.4 cm³/mol. The summed E-state index contributed by atoms with van der Waals surface area (Å²) in [6.45, 7) is 6.16. The van der Waals surface area contributed by atoms with Gasteiger partial charge in [-0.25, -0.2) is 4.79 Å². The zero-order valence-electron chi connectivity index (χ0n) is 14.2. The summed E-state index contributed by atoms with van der Waals surface area (Å²) in [5.74, 6) is 0.386. The predicted octanol–water partition coefficient (Wildman–Crippen LogP) is 2.57. The van der Waals surface area contributed by atoms with E-state index in [0.717, 1.165) is 16.7 Å². The Balaban J connectivity index is 1.74. The van der Waals surface area contributed by atoms with Gasteiger partial charge in [-0.15, -0.1) is 0 Å². The zero-order valence-corrected chi connectivity index (χ0v) is 14.2. The molecule has 0 fully saturated rings. The number of urea groups is 1. The highest BCUT2D eigenvalue weighted by atomic mass is 16.3. The van der Waals surface area contributed by atoms with Crippen LogP contribution in [0.3, 0.4) is 0 Å². The molecule has 1 atom stereocenters. The van der Waals surface area contributed by atoms with E-state index in [1.54, 1.807) is 18.4 Å². The van der Waals surface area contributed by atoms with Crippen molar-refractivity contribution >= 4 is 11.9 Å². The highest BCUT2D eigenvalue weighted by molar-refractivity contribution is 5.83. The van der Waals surface area contributed by atoms with Crippen LogP contribution in [0.1, 0.15) is 35.4 Å². The summed E-state index contributed by atoms with van der Waals surface area (Å²) in [7, 11) is 0. The van der Waals surface area contributed by atoms with E-state index >= 15 is 0 Å². The fourth-order valence-electron chi connectivity index (χ4n) is 2.41. The maximum Gasteiger partial charge on any atom is 0.315 e. The molecule has 1 aromatic heterocycles.